The fraction of sp³-hybridized carbons (Fsp3) is 0.333. The molecule has 0 atom stereocenters. The van der Waals surface area contributed by atoms with Gasteiger partial charge in [0, 0.05) is 17.7 Å². The maximum absolute atomic E-state index is 5.52. The van der Waals surface area contributed by atoms with Gasteiger partial charge in [-0.2, -0.15) is 0 Å². The van der Waals surface area contributed by atoms with Crippen LogP contribution in [0.15, 0.2) is 18.2 Å². The highest BCUT2D eigenvalue weighted by Gasteiger charge is 2.11. The van der Waals surface area contributed by atoms with Crippen LogP contribution in [-0.4, -0.2) is 9.97 Å². The number of aryl methyl sites for hydroxylation is 2. The van der Waals surface area contributed by atoms with Gasteiger partial charge in [-0.3, -0.25) is 0 Å². The zero-order chi connectivity index (χ0) is 14.7. The third-order valence-corrected chi connectivity index (χ3v) is 3.50. The summed E-state index contributed by atoms with van der Waals surface area (Å²) in [6.07, 6.45) is 0.760. The number of nitrogen functional groups attached to an aromatic ring is 1. The Hall–Kier alpha value is -2.14. The van der Waals surface area contributed by atoms with Crippen LogP contribution >= 0.6 is 0 Å². The van der Waals surface area contributed by atoms with Crippen LogP contribution in [0.5, 0.6) is 0 Å². The van der Waals surface area contributed by atoms with Gasteiger partial charge >= 0.3 is 0 Å². The number of anilines is 3. The average Bonchev–Trinajstić information content (AvgIpc) is 2.45. The minimum atomic E-state index is 0.657. The van der Waals surface area contributed by atoms with Crippen molar-refractivity contribution in [1.29, 1.82) is 0 Å². The third kappa shape index (κ3) is 2.72. The van der Waals surface area contributed by atoms with Gasteiger partial charge in [-0.25, -0.2) is 15.8 Å². The standard InChI is InChI=1S/C15H21N5/c1-5-13-18-14(11(4)15(19-13)20-16)17-12-8-6-7-9(2)10(12)3/h6-8H,5,16H2,1-4H3,(H2,17,18,19,20). The van der Waals surface area contributed by atoms with Gasteiger partial charge < -0.3 is 10.7 Å². The first-order valence-corrected chi connectivity index (χ1v) is 6.74. The lowest BCUT2D eigenvalue weighted by atomic mass is 10.1. The molecule has 20 heavy (non-hydrogen) atoms. The normalized spacial score (nSPS) is 10.4. The summed E-state index contributed by atoms with van der Waals surface area (Å²) in [5.74, 6) is 7.73. The van der Waals surface area contributed by atoms with Crippen LogP contribution in [0.4, 0.5) is 17.3 Å². The van der Waals surface area contributed by atoms with Crippen molar-refractivity contribution >= 4 is 17.3 Å². The molecule has 1 aromatic heterocycles. The quantitative estimate of drug-likeness (QED) is 0.588. The Morgan fingerprint density at radius 1 is 1.05 bits per heavy atom. The van der Waals surface area contributed by atoms with Gasteiger partial charge in [-0.1, -0.05) is 19.1 Å². The molecule has 0 bridgehead atoms. The number of hydrogen-bond acceptors (Lipinski definition) is 5. The lowest BCUT2D eigenvalue weighted by molar-refractivity contribution is 0.931. The monoisotopic (exact) mass is 271 g/mol. The molecule has 2 aromatic rings. The second-order valence-corrected chi connectivity index (χ2v) is 4.83. The number of rotatable bonds is 4. The first kappa shape index (κ1) is 14.3. The van der Waals surface area contributed by atoms with Gasteiger partial charge in [0.15, 0.2) is 0 Å². The average molecular weight is 271 g/mol. The first-order valence-electron chi connectivity index (χ1n) is 6.74. The van der Waals surface area contributed by atoms with Crippen LogP contribution in [0.3, 0.4) is 0 Å². The SMILES string of the molecule is CCc1nc(NN)c(C)c(Nc2cccc(C)c2C)n1. The van der Waals surface area contributed by atoms with Gasteiger partial charge in [-0.15, -0.1) is 0 Å². The van der Waals surface area contributed by atoms with E-state index in [2.05, 4.69) is 40.6 Å². The fourth-order valence-corrected chi connectivity index (χ4v) is 2.00. The Morgan fingerprint density at radius 2 is 1.75 bits per heavy atom. The molecule has 0 unspecified atom stereocenters. The Morgan fingerprint density at radius 3 is 2.40 bits per heavy atom. The minimum Gasteiger partial charge on any atom is -0.340 e. The number of hydrogen-bond donors (Lipinski definition) is 3. The molecule has 1 heterocycles. The maximum atomic E-state index is 5.52. The molecule has 0 saturated heterocycles. The first-order chi connectivity index (χ1) is 9.56. The number of nitrogens with two attached hydrogens (primary N) is 1. The van der Waals surface area contributed by atoms with E-state index in [1.165, 1.54) is 11.1 Å². The molecule has 106 valence electrons. The van der Waals surface area contributed by atoms with E-state index in [0.29, 0.717) is 5.82 Å². The summed E-state index contributed by atoms with van der Waals surface area (Å²) < 4.78 is 0. The van der Waals surface area contributed by atoms with E-state index in [1.807, 2.05) is 26.0 Å². The van der Waals surface area contributed by atoms with E-state index < -0.39 is 0 Å². The van der Waals surface area contributed by atoms with Crippen molar-refractivity contribution in [2.24, 2.45) is 5.84 Å². The van der Waals surface area contributed by atoms with E-state index >= 15 is 0 Å². The molecular formula is C15H21N5. The molecule has 0 aliphatic carbocycles. The number of aromatic nitrogens is 2. The van der Waals surface area contributed by atoms with Crippen molar-refractivity contribution in [3.63, 3.8) is 0 Å². The Kier molecular flexibility index (Phi) is 4.20. The van der Waals surface area contributed by atoms with Crippen LogP contribution in [-0.2, 0) is 6.42 Å². The zero-order valence-corrected chi connectivity index (χ0v) is 12.4. The van der Waals surface area contributed by atoms with Crippen LogP contribution in [0.1, 0.15) is 29.4 Å². The van der Waals surface area contributed by atoms with Crippen LogP contribution in [0.2, 0.25) is 0 Å². The lowest BCUT2D eigenvalue weighted by Gasteiger charge is -2.15. The van der Waals surface area contributed by atoms with Crippen LogP contribution < -0.4 is 16.6 Å². The van der Waals surface area contributed by atoms with Gasteiger partial charge in [0.1, 0.15) is 17.5 Å². The smallest absolute Gasteiger partial charge is 0.148 e. The molecule has 0 fully saturated rings. The van der Waals surface area contributed by atoms with Crippen molar-refractivity contribution in [3.05, 3.63) is 40.7 Å². The highest BCUT2D eigenvalue weighted by molar-refractivity contribution is 5.67. The largest absolute Gasteiger partial charge is 0.340 e. The molecule has 1 aromatic carbocycles. The molecule has 0 aliphatic rings. The molecule has 0 saturated carbocycles. The summed E-state index contributed by atoms with van der Waals surface area (Å²) in [6, 6.07) is 6.17. The van der Waals surface area contributed by atoms with Crippen molar-refractivity contribution in [2.75, 3.05) is 10.7 Å². The molecule has 0 radical (unpaired) electrons. The third-order valence-electron chi connectivity index (χ3n) is 3.50. The molecular weight excluding hydrogens is 250 g/mol. The molecule has 5 nitrogen and oxygen atoms in total. The summed E-state index contributed by atoms with van der Waals surface area (Å²) in [6.45, 7) is 8.16. The molecule has 5 heteroatoms. The summed E-state index contributed by atoms with van der Waals surface area (Å²) >= 11 is 0. The van der Waals surface area contributed by atoms with Crippen molar-refractivity contribution in [2.45, 2.75) is 34.1 Å². The zero-order valence-electron chi connectivity index (χ0n) is 12.4. The maximum Gasteiger partial charge on any atom is 0.148 e. The Bertz CT molecular complexity index is 622. The fourth-order valence-electron chi connectivity index (χ4n) is 2.00. The second kappa shape index (κ2) is 5.88. The molecule has 0 amide bonds. The summed E-state index contributed by atoms with van der Waals surface area (Å²) in [5.41, 5.74) is 7.05. The Labute approximate surface area is 119 Å². The van der Waals surface area contributed by atoms with Gasteiger partial charge in [-0.05, 0) is 38.0 Å². The number of nitrogens with zero attached hydrogens (tertiary/aromatic N) is 2. The lowest BCUT2D eigenvalue weighted by Crippen LogP contribution is -2.14. The Balaban J connectivity index is 2.45. The van der Waals surface area contributed by atoms with Gasteiger partial charge in [0.05, 0.1) is 0 Å². The molecule has 4 N–H and O–H groups in total. The van der Waals surface area contributed by atoms with Gasteiger partial charge in [0.2, 0.25) is 0 Å². The van der Waals surface area contributed by atoms with Crippen molar-refractivity contribution in [1.82, 2.24) is 9.97 Å². The predicted molar refractivity (Wildman–Crippen MR) is 83.2 cm³/mol. The van der Waals surface area contributed by atoms with Crippen LogP contribution in [0.25, 0.3) is 0 Å². The number of hydrazine groups is 1. The number of nitrogens with one attached hydrogen (secondary N) is 2. The summed E-state index contributed by atoms with van der Waals surface area (Å²) in [5, 5.41) is 3.38. The summed E-state index contributed by atoms with van der Waals surface area (Å²) in [7, 11) is 0. The highest BCUT2D eigenvalue weighted by atomic mass is 15.3. The summed E-state index contributed by atoms with van der Waals surface area (Å²) in [4.78, 5) is 8.91. The van der Waals surface area contributed by atoms with E-state index in [1.54, 1.807) is 0 Å². The van der Waals surface area contributed by atoms with Crippen molar-refractivity contribution < 1.29 is 0 Å². The van der Waals surface area contributed by atoms with E-state index in [9.17, 15) is 0 Å². The molecule has 2 rings (SSSR count). The van der Waals surface area contributed by atoms with E-state index in [-0.39, 0.29) is 0 Å². The number of benzene rings is 1. The minimum absolute atomic E-state index is 0.657. The van der Waals surface area contributed by atoms with Crippen LogP contribution in [0, 0.1) is 20.8 Å². The molecule has 0 aliphatic heterocycles. The van der Waals surface area contributed by atoms with E-state index in [4.69, 9.17) is 5.84 Å². The second-order valence-electron chi connectivity index (χ2n) is 4.83. The topological polar surface area (TPSA) is 75.9 Å². The highest BCUT2D eigenvalue weighted by Crippen LogP contribution is 2.26. The van der Waals surface area contributed by atoms with E-state index in [0.717, 1.165) is 29.3 Å². The molecule has 0 spiro atoms. The van der Waals surface area contributed by atoms with Gasteiger partial charge in [0.25, 0.3) is 0 Å². The van der Waals surface area contributed by atoms with Crippen molar-refractivity contribution in [3.8, 4) is 0 Å². The predicted octanol–water partition coefficient (Wildman–Crippen LogP) is 2.99.